The van der Waals surface area contributed by atoms with Crippen LogP contribution in [0.15, 0.2) is 48.5 Å². The number of halogens is 1. The Hall–Kier alpha value is -1.87. The number of benzene rings is 2. The molecule has 0 aliphatic rings. The molecular formula is C15H16FNO. The van der Waals surface area contributed by atoms with Crippen molar-refractivity contribution in [2.24, 2.45) is 0 Å². The van der Waals surface area contributed by atoms with Crippen LogP contribution >= 0.6 is 0 Å². The predicted molar refractivity (Wildman–Crippen MR) is 70.9 cm³/mol. The van der Waals surface area contributed by atoms with Gasteiger partial charge in [-0.25, -0.2) is 4.39 Å². The molecule has 2 rings (SSSR count). The van der Waals surface area contributed by atoms with Gasteiger partial charge in [0.25, 0.3) is 0 Å². The van der Waals surface area contributed by atoms with E-state index in [0.717, 1.165) is 11.3 Å². The minimum absolute atomic E-state index is 0.182. The minimum atomic E-state index is -0.182. The van der Waals surface area contributed by atoms with Crippen LogP contribution < -0.4 is 5.32 Å². The van der Waals surface area contributed by atoms with E-state index in [1.807, 2.05) is 30.3 Å². The van der Waals surface area contributed by atoms with Crippen LogP contribution in [0.25, 0.3) is 0 Å². The second-order valence-corrected chi connectivity index (χ2v) is 4.08. The number of rotatable bonds is 5. The van der Waals surface area contributed by atoms with Gasteiger partial charge in [-0.3, -0.25) is 0 Å². The van der Waals surface area contributed by atoms with Crippen LogP contribution in [-0.2, 0) is 17.9 Å². The molecule has 0 aliphatic heterocycles. The van der Waals surface area contributed by atoms with Crippen molar-refractivity contribution in [2.45, 2.75) is 13.2 Å². The zero-order chi connectivity index (χ0) is 12.8. The zero-order valence-corrected chi connectivity index (χ0v) is 10.3. The normalized spacial score (nSPS) is 10.3. The Labute approximate surface area is 106 Å². The van der Waals surface area contributed by atoms with Crippen LogP contribution in [0, 0.1) is 5.82 Å². The van der Waals surface area contributed by atoms with Crippen molar-refractivity contribution in [2.75, 3.05) is 12.4 Å². The second-order valence-electron chi connectivity index (χ2n) is 4.08. The first-order valence-electron chi connectivity index (χ1n) is 5.85. The highest BCUT2D eigenvalue weighted by Gasteiger charge is 2.00. The summed E-state index contributed by atoms with van der Waals surface area (Å²) >= 11 is 0. The SMILES string of the molecule is COCc1cccc(NCc2ccccc2F)c1. The van der Waals surface area contributed by atoms with Gasteiger partial charge in [-0.05, 0) is 23.8 Å². The summed E-state index contributed by atoms with van der Waals surface area (Å²) in [6.45, 7) is 1.05. The highest BCUT2D eigenvalue weighted by atomic mass is 19.1. The van der Waals surface area contributed by atoms with Crippen molar-refractivity contribution in [1.82, 2.24) is 0 Å². The number of methoxy groups -OCH3 is 1. The molecule has 0 unspecified atom stereocenters. The Morgan fingerprint density at radius 3 is 2.72 bits per heavy atom. The van der Waals surface area contributed by atoms with E-state index in [9.17, 15) is 4.39 Å². The van der Waals surface area contributed by atoms with E-state index in [1.165, 1.54) is 6.07 Å². The summed E-state index contributed by atoms with van der Waals surface area (Å²) in [5.74, 6) is -0.182. The van der Waals surface area contributed by atoms with E-state index in [2.05, 4.69) is 5.32 Å². The average Bonchev–Trinajstić information content (AvgIpc) is 2.39. The first kappa shape index (κ1) is 12.6. The molecule has 2 aromatic carbocycles. The fourth-order valence-corrected chi connectivity index (χ4v) is 1.78. The molecule has 2 aromatic rings. The van der Waals surface area contributed by atoms with Gasteiger partial charge in [0.05, 0.1) is 6.61 Å². The smallest absolute Gasteiger partial charge is 0.128 e. The van der Waals surface area contributed by atoms with Crippen LogP contribution in [0.2, 0.25) is 0 Å². The quantitative estimate of drug-likeness (QED) is 0.869. The van der Waals surface area contributed by atoms with Crippen LogP contribution in [0.1, 0.15) is 11.1 Å². The van der Waals surface area contributed by atoms with Crippen LogP contribution in [0.3, 0.4) is 0 Å². The fourth-order valence-electron chi connectivity index (χ4n) is 1.78. The lowest BCUT2D eigenvalue weighted by molar-refractivity contribution is 0.185. The van der Waals surface area contributed by atoms with Crippen LogP contribution in [-0.4, -0.2) is 7.11 Å². The molecule has 0 amide bonds. The maximum Gasteiger partial charge on any atom is 0.128 e. The third-order valence-electron chi connectivity index (χ3n) is 2.68. The third-order valence-corrected chi connectivity index (χ3v) is 2.68. The van der Waals surface area contributed by atoms with Gasteiger partial charge in [0.1, 0.15) is 5.82 Å². The second kappa shape index (κ2) is 6.17. The number of nitrogens with one attached hydrogen (secondary N) is 1. The molecule has 94 valence electrons. The molecule has 18 heavy (non-hydrogen) atoms. The van der Waals surface area contributed by atoms with E-state index in [4.69, 9.17) is 4.74 Å². The van der Waals surface area contributed by atoms with Crippen LogP contribution in [0.5, 0.6) is 0 Å². The Bertz CT molecular complexity index is 513. The molecular weight excluding hydrogens is 229 g/mol. The molecule has 0 heterocycles. The van der Waals surface area contributed by atoms with Crippen molar-refractivity contribution >= 4 is 5.69 Å². The molecule has 3 heteroatoms. The molecule has 0 saturated carbocycles. The van der Waals surface area contributed by atoms with E-state index in [0.29, 0.717) is 18.7 Å². The Morgan fingerprint density at radius 2 is 1.94 bits per heavy atom. The van der Waals surface area contributed by atoms with Crippen molar-refractivity contribution in [3.63, 3.8) is 0 Å². The van der Waals surface area contributed by atoms with Crippen molar-refractivity contribution < 1.29 is 9.13 Å². The summed E-state index contributed by atoms with van der Waals surface area (Å²) < 4.78 is 18.5. The number of anilines is 1. The van der Waals surface area contributed by atoms with Gasteiger partial charge >= 0.3 is 0 Å². The van der Waals surface area contributed by atoms with Gasteiger partial charge in [-0.15, -0.1) is 0 Å². The maximum absolute atomic E-state index is 13.4. The first-order valence-corrected chi connectivity index (χ1v) is 5.85. The summed E-state index contributed by atoms with van der Waals surface area (Å²) in [6.07, 6.45) is 0. The number of hydrogen-bond donors (Lipinski definition) is 1. The van der Waals surface area contributed by atoms with E-state index in [1.54, 1.807) is 19.2 Å². The zero-order valence-electron chi connectivity index (χ0n) is 10.3. The van der Waals surface area contributed by atoms with Gasteiger partial charge in [-0.1, -0.05) is 30.3 Å². The number of hydrogen-bond acceptors (Lipinski definition) is 2. The standard InChI is InChI=1S/C15H16FNO/c1-18-11-12-5-4-7-14(9-12)17-10-13-6-2-3-8-15(13)16/h2-9,17H,10-11H2,1H3. The van der Waals surface area contributed by atoms with Crippen molar-refractivity contribution in [1.29, 1.82) is 0 Å². The van der Waals surface area contributed by atoms with Crippen molar-refractivity contribution in [3.8, 4) is 0 Å². The summed E-state index contributed by atoms with van der Waals surface area (Å²) in [4.78, 5) is 0. The van der Waals surface area contributed by atoms with E-state index in [-0.39, 0.29) is 5.82 Å². The average molecular weight is 245 g/mol. The largest absolute Gasteiger partial charge is 0.381 e. The summed E-state index contributed by atoms with van der Waals surface area (Å²) in [6, 6.07) is 14.7. The molecule has 0 fully saturated rings. The number of ether oxygens (including phenoxy) is 1. The molecule has 1 N–H and O–H groups in total. The lowest BCUT2D eigenvalue weighted by Crippen LogP contribution is -2.02. The maximum atomic E-state index is 13.4. The predicted octanol–water partition coefficient (Wildman–Crippen LogP) is 3.58. The molecule has 0 radical (unpaired) electrons. The molecule has 0 spiro atoms. The van der Waals surface area contributed by atoms with Crippen LogP contribution in [0.4, 0.5) is 10.1 Å². The van der Waals surface area contributed by atoms with Crippen molar-refractivity contribution in [3.05, 3.63) is 65.5 Å². The molecule has 0 aromatic heterocycles. The Kier molecular flexibility index (Phi) is 4.31. The van der Waals surface area contributed by atoms with Gasteiger partial charge in [-0.2, -0.15) is 0 Å². The molecule has 0 bridgehead atoms. The molecule has 0 aliphatic carbocycles. The van der Waals surface area contributed by atoms with Gasteiger partial charge in [0, 0.05) is 24.9 Å². The highest BCUT2D eigenvalue weighted by Crippen LogP contribution is 2.14. The van der Waals surface area contributed by atoms with E-state index < -0.39 is 0 Å². The monoisotopic (exact) mass is 245 g/mol. The highest BCUT2D eigenvalue weighted by molar-refractivity contribution is 5.46. The summed E-state index contributed by atoms with van der Waals surface area (Å²) in [5, 5.41) is 3.21. The minimum Gasteiger partial charge on any atom is -0.381 e. The molecule has 0 saturated heterocycles. The molecule has 2 nitrogen and oxygen atoms in total. The van der Waals surface area contributed by atoms with Gasteiger partial charge in [0.15, 0.2) is 0 Å². The van der Waals surface area contributed by atoms with E-state index >= 15 is 0 Å². The lowest BCUT2D eigenvalue weighted by Gasteiger charge is -2.09. The topological polar surface area (TPSA) is 21.3 Å². The third kappa shape index (κ3) is 3.31. The summed E-state index contributed by atoms with van der Waals surface area (Å²) in [5.41, 5.74) is 2.72. The Balaban J connectivity index is 2.02. The molecule has 0 atom stereocenters. The van der Waals surface area contributed by atoms with Gasteiger partial charge < -0.3 is 10.1 Å². The fraction of sp³-hybridized carbons (Fsp3) is 0.200. The van der Waals surface area contributed by atoms with Gasteiger partial charge in [0.2, 0.25) is 0 Å². The first-order chi connectivity index (χ1) is 8.79. The Morgan fingerprint density at radius 1 is 1.11 bits per heavy atom. The summed E-state index contributed by atoms with van der Waals surface area (Å²) in [7, 11) is 1.67. The lowest BCUT2D eigenvalue weighted by atomic mass is 10.2.